The van der Waals surface area contributed by atoms with Crippen molar-refractivity contribution in [2.45, 2.75) is 32.1 Å². The highest BCUT2D eigenvalue weighted by Gasteiger charge is 2.14. The first-order valence-electron chi connectivity index (χ1n) is 8.52. The average molecular weight is 333 g/mol. The molecule has 1 aliphatic carbocycles. The van der Waals surface area contributed by atoms with Crippen molar-refractivity contribution in [3.63, 3.8) is 0 Å². The molecule has 3 amide bonds. The van der Waals surface area contributed by atoms with Crippen LogP contribution in [-0.4, -0.2) is 44.1 Å². The second kappa shape index (κ2) is 9.15. The zero-order valence-corrected chi connectivity index (χ0v) is 14.5. The van der Waals surface area contributed by atoms with Gasteiger partial charge in [-0.25, -0.2) is 4.79 Å². The third-order valence-electron chi connectivity index (χ3n) is 4.23. The number of nitrogens with one attached hydrogen (secondary N) is 2. The highest BCUT2D eigenvalue weighted by molar-refractivity contribution is 5.89. The standard InChI is InChI=1S/C18H27N3O3/c1-21(2)17(22)13-24-16-10-6-9-15(11-16)20-18(23)19-12-14-7-4-3-5-8-14/h6,9-11,14H,3-5,7-8,12-13H2,1-2H3,(H2,19,20,23). The van der Waals surface area contributed by atoms with Crippen LogP contribution in [0.25, 0.3) is 0 Å². The Kier molecular flexibility index (Phi) is 6.90. The molecule has 0 bridgehead atoms. The maximum Gasteiger partial charge on any atom is 0.319 e. The van der Waals surface area contributed by atoms with Crippen LogP contribution in [0.1, 0.15) is 32.1 Å². The summed E-state index contributed by atoms with van der Waals surface area (Å²) >= 11 is 0. The largest absolute Gasteiger partial charge is 0.484 e. The van der Waals surface area contributed by atoms with E-state index in [1.807, 2.05) is 0 Å². The van der Waals surface area contributed by atoms with E-state index in [1.54, 1.807) is 38.4 Å². The second-order valence-electron chi connectivity index (χ2n) is 6.44. The van der Waals surface area contributed by atoms with E-state index in [2.05, 4.69) is 10.6 Å². The third kappa shape index (κ3) is 6.10. The van der Waals surface area contributed by atoms with Gasteiger partial charge in [0.15, 0.2) is 6.61 Å². The van der Waals surface area contributed by atoms with Crippen LogP contribution in [0, 0.1) is 5.92 Å². The molecule has 0 aliphatic heterocycles. The van der Waals surface area contributed by atoms with E-state index in [0.29, 0.717) is 17.4 Å². The quantitative estimate of drug-likeness (QED) is 0.841. The summed E-state index contributed by atoms with van der Waals surface area (Å²) in [7, 11) is 3.36. The molecule has 2 N–H and O–H groups in total. The molecule has 2 rings (SSSR count). The van der Waals surface area contributed by atoms with Crippen molar-refractivity contribution in [1.29, 1.82) is 0 Å². The van der Waals surface area contributed by atoms with Gasteiger partial charge in [-0.15, -0.1) is 0 Å². The summed E-state index contributed by atoms with van der Waals surface area (Å²) in [5, 5.41) is 5.74. The van der Waals surface area contributed by atoms with E-state index in [0.717, 1.165) is 6.54 Å². The van der Waals surface area contributed by atoms with Crippen molar-refractivity contribution in [3.05, 3.63) is 24.3 Å². The molecule has 1 aromatic rings. The monoisotopic (exact) mass is 333 g/mol. The lowest BCUT2D eigenvalue weighted by atomic mass is 9.89. The maximum absolute atomic E-state index is 12.0. The van der Waals surface area contributed by atoms with Gasteiger partial charge in [-0.2, -0.15) is 0 Å². The molecule has 0 saturated heterocycles. The van der Waals surface area contributed by atoms with E-state index in [9.17, 15) is 9.59 Å². The van der Waals surface area contributed by atoms with E-state index in [4.69, 9.17) is 4.74 Å². The summed E-state index contributed by atoms with van der Waals surface area (Å²) in [6.07, 6.45) is 6.23. The van der Waals surface area contributed by atoms with Gasteiger partial charge in [0.05, 0.1) is 0 Å². The maximum atomic E-state index is 12.0. The van der Waals surface area contributed by atoms with Crippen LogP contribution < -0.4 is 15.4 Å². The van der Waals surface area contributed by atoms with Crippen LogP contribution in [0.2, 0.25) is 0 Å². The minimum absolute atomic E-state index is 0.0235. The number of hydrogen-bond donors (Lipinski definition) is 2. The smallest absolute Gasteiger partial charge is 0.319 e. The molecule has 1 saturated carbocycles. The van der Waals surface area contributed by atoms with E-state index in [-0.39, 0.29) is 18.5 Å². The lowest BCUT2D eigenvalue weighted by molar-refractivity contribution is -0.130. The Bertz CT molecular complexity index is 554. The van der Waals surface area contributed by atoms with Crippen molar-refractivity contribution in [2.75, 3.05) is 32.6 Å². The number of amides is 3. The molecular weight excluding hydrogens is 306 g/mol. The summed E-state index contributed by atoms with van der Waals surface area (Å²) in [6.45, 7) is 0.698. The molecular formula is C18H27N3O3. The minimum atomic E-state index is -0.206. The number of hydrogen-bond acceptors (Lipinski definition) is 3. The predicted octanol–water partition coefficient (Wildman–Crippen LogP) is 2.86. The first kappa shape index (κ1) is 18.1. The number of carbonyl (C=O) groups is 2. The highest BCUT2D eigenvalue weighted by atomic mass is 16.5. The molecule has 6 nitrogen and oxygen atoms in total. The van der Waals surface area contributed by atoms with Crippen LogP contribution in [0.5, 0.6) is 5.75 Å². The van der Waals surface area contributed by atoms with Crippen LogP contribution in [-0.2, 0) is 4.79 Å². The Balaban J connectivity index is 1.78. The predicted molar refractivity (Wildman–Crippen MR) is 94.2 cm³/mol. The van der Waals surface area contributed by atoms with E-state index < -0.39 is 0 Å². The van der Waals surface area contributed by atoms with Crippen LogP contribution in [0.3, 0.4) is 0 Å². The van der Waals surface area contributed by atoms with Gasteiger partial charge < -0.3 is 20.3 Å². The molecule has 0 atom stereocenters. The Morgan fingerprint density at radius 2 is 1.96 bits per heavy atom. The SMILES string of the molecule is CN(C)C(=O)COc1cccc(NC(=O)NCC2CCCCC2)c1. The summed E-state index contributed by atoms with van der Waals surface area (Å²) in [5.41, 5.74) is 0.644. The number of anilines is 1. The first-order chi connectivity index (χ1) is 11.5. The lowest BCUT2D eigenvalue weighted by Crippen LogP contribution is -2.33. The molecule has 0 spiro atoms. The Hall–Kier alpha value is -2.24. The number of urea groups is 1. The lowest BCUT2D eigenvalue weighted by Gasteiger charge is -2.21. The van der Waals surface area contributed by atoms with Gasteiger partial charge in [-0.3, -0.25) is 4.79 Å². The number of benzene rings is 1. The third-order valence-corrected chi connectivity index (χ3v) is 4.23. The van der Waals surface area contributed by atoms with Gasteiger partial charge in [-0.1, -0.05) is 25.3 Å². The van der Waals surface area contributed by atoms with Gasteiger partial charge in [-0.05, 0) is 30.9 Å². The number of likely N-dealkylation sites (N-methyl/N-ethyl adjacent to an activating group) is 1. The van der Waals surface area contributed by atoms with E-state index >= 15 is 0 Å². The Morgan fingerprint density at radius 3 is 2.67 bits per heavy atom. The summed E-state index contributed by atoms with van der Waals surface area (Å²) in [5.74, 6) is 1.03. The van der Waals surface area contributed by atoms with Gasteiger partial charge in [0.2, 0.25) is 0 Å². The van der Waals surface area contributed by atoms with Gasteiger partial charge in [0, 0.05) is 32.4 Å². The number of nitrogens with zero attached hydrogens (tertiary/aromatic N) is 1. The van der Waals surface area contributed by atoms with Crippen LogP contribution in [0.4, 0.5) is 10.5 Å². The van der Waals surface area contributed by atoms with Crippen molar-refractivity contribution >= 4 is 17.6 Å². The van der Waals surface area contributed by atoms with Gasteiger partial charge in [0.1, 0.15) is 5.75 Å². The summed E-state index contributed by atoms with van der Waals surface area (Å²) in [4.78, 5) is 25.0. The fraction of sp³-hybridized carbons (Fsp3) is 0.556. The number of ether oxygens (including phenoxy) is 1. The van der Waals surface area contributed by atoms with Gasteiger partial charge >= 0.3 is 6.03 Å². The zero-order chi connectivity index (χ0) is 17.4. The molecule has 1 aliphatic rings. The number of carbonyl (C=O) groups excluding carboxylic acids is 2. The fourth-order valence-corrected chi connectivity index (χ4v) is 2.74. The van der Waals surface area contributed by atoms with Crippen molar-refractivity contribution in [1.82, 2.24) is 10.2 Å². The van der Waals surface area contributed by atoms with Crippen molar-refractivity contribution in [2.24, 2.45) is 5.92 Å². The molecule has 0 radical (unpaired) electrons. The molecule has 0 heterocycles. The van der Waals surface area contributed by atoms with Crippen LogP contribution >= 0.6 is 0 Å². The second-order valence-corrected chi connectivity index (χ2v) is 6.44. The van der Waals surface area contributed by atoms with Gasteiger partial charge in [0.25, 0.3) is 5.91 Å². The normalized spacial score (nSPS) is 14.8. The summed E-state index contributed by atoms with van der Waals surface area (Å²) < 4.78 is 5.44. The van der Waals surface area contributed by atoms with E-state index in [1.165, 1.54) is 37.0 Å². The molecule has 0 aromatic heterocycles. The van der Waals surface area contributed by atoms with Crippen molar-refractivity contribution in [3.8, 4) is 5.75 Å². The molecule has 1 aromatic carbocycles. The number of rotatable bonds is 6. The van der Waals surface area contributed by atoms with Crippen LogP contribution in [0.15, 0.2) is 24.3 Å². The molecule has 1 fully saturated rings. The average Bonchev–Trinajstić information content (AvgIpc) is 2.59. The topological polar surface area (TPSA) is 70.7 Å². The fourth-order valence-electron chi connectivity index (χ4n) is 2.74. The molecule has 0 unspecified atom stereocenters. The van der Waals surface area contributed by atoms with Crippen molar-refractivity contribution < 1.29 is 14.3 Å². The first-order valence-corrected chi connectivity index (χ1v) is 8.52. The Labute approximate surface area is 143 Å². The zero-order valence-electron chi connectivity index (χ0n) is 14.5. The highest BCUT2D eigenvalue weighted by Crippen LogP contribution is 2.23. The molecule has 132 valence electrons. The minimum Gasteiger partial charge on any atom is -0.484 e. The summed E-state index contributed by atoms with van der Waals surface area (Å²) in [6, 6.07) is 6.84. The molecule has 24 heavy (non-hydrogen) atoms. The Morgan fingerprint density at radius 1 is 1.21 bits per heavy atom. The molecule has 6 heteroatoms.